The van der Waals surface area contributed by atoms with Gasteiger partial charge in [0.2, 0.25) is 0 Å². The van der Waals surface area contributed by atoms with Crippen LogP contribution in [0.2, 0.25) is 0 Å². The molecule has 0 aromatic heterocycles. The van der Waals surface area contributed by atoms with Crippen molar-refractivity contribution >= 4 is 17.7 Å². The van der Waals surface area contributed by atoms with Crippen molar-refractivity contribution in [1.82, 2.24) is 0 Å². The molecule has 0 spiro atoms. The van der Waals surface area contributed by atoms with Gasteiger partial charge in [0.15, 0.2) is 5.12 Å². The number of carbonyl (C=O) groups is 1. The molecule has 0 heterocycles. The fourth-order valence-corrected chi connectivity index (χ4v) is 0.138. The monoisotopic (exact) mass is 101 g/mol. The zero-order chi connectivity index (χ0) is 4.99. The summed E-state index contributed by atoms with van der Waals surface area (Å²) in [6, 6.07) is 1.64. The summed E-state index contributed by atoms with van der Waals surface area (Å²) in [7, 11) is 0. The van der Waals surface area contributed by atoms with Crippen LogP contribution < -0.4 is 0 Å². The van der Waals surface area contributed by atoms with Gasteiger partial charge >= 0.3 is 0 Å². The molecule has 0 amide bonds. The predicted octanol–water partition coefficient (Wildman–Crippen LogP) is 0.356. The molecule has 0 aromatic carbocycles. The molecule has 0 aliphatic heterocycles. The van der Waals surface area contributed by atoms with E-state index < -0.39 is 0 Å². The molecule has 0 saturated heterocycles. The number of hydrogen-bond donors (Lipinski definition) is 1. The van der Waals surface area contributed by atoms with Crippen LogP contribution in [0.3, 0.4) is 0 Å². The molecule has 0 aliphatic rings. The summed E-state index contributed by atoms with van der Waals surface area (Å²) in [5.41, 5.74) is 0. The van der Waals surface area contributed by atoms with E-state index in [2.05, 4.69) is 12.6 Å². The number of hydrogen-bond acceptors (Lipinski definition) is 2. The first-order chi connectivity index (χ1) is 2.77. The van der Waals surface area contributed by atoms with Gasteiger partial charge < -0.3 is 0 Å². The second kappa shape index (κ2) is 2.73. The van der Waals surface area contributed by atoms with E-state index in [1.165, 1.54) is 0 Å². The Morgan fingerprint density at radius 3 is 2.50 bits per heavy atom. The topological polar surface area (TPSA) is 40.9 Å². The fourth-order valence-electron chi connectivity index (χ4n) is 0.0676. The van der Waals surface area contributed by atoms with Crippen LogP contribution in [-0.2, 0) is 4.79 Å². The van der Waals surface area contributed by atoms with Gasteiger partial charge in [-0.1, -0.05) is 0 Å². The first kappa shape index (κ1) is 5.51. The van der Waals surface area contributed by atoms with Crippen molar-refractivity contribution < 1.29 is 4.79 Å². The lowest BCUT2D eigenvalue weighted by molar-refractivity contribution is -0.109. The lowest BCUT2D eigenvalue weighted by atomic mass is 10.5. The molecule has 3 heteroatoms. The lowest BCUT2D eigenvalue weighted by Gasteiger charge is -1.68. The number of carbonyl (C=O) groups excluding carboxylic acids is 1. The molecule has 32 valence electrons. The van der Waals surface area contributed by atoms with Gasteiger partial charge in [-0.2, -0.15) is 5.26 Å². The van der Waals surface area contributed by atoms with Gasteiger partial charge in [-0.05, 0) is 0 Å². The summed E-state index contributed by atoms with van der Waals surface area (Å²) >= 11 is 3.32. The third-order valence-electron chi connectivity index (χ3n) is 0.230. The fraction of sp³-hybridized carbons (Fsp3) is 0.333. The number of nitriles is 1. The zero-order valence-electron chi connectivity index (χ0n) is 3.01. The summed E-state index contributed by atoms with van der Waals surface area (Å²) < 4.78 is 0. The molecular weight excluding hydrogens is 98.1 g/mol. The van der Waals surface area contributed by atoms with Gasteiger partial charge in [-0.25, -0.2) is 0 Å². The molecule has 2 nitrogen and oxygen atoms in total. The summed E-state index contributed by atoms with van der Waals surface area (Å²) in [6.45, 7) is 0. The van der Waals surface area contributed by atoms with Gasteiger partial charge in [-0.15, -0.1) is 12.6 Å². The Hall–Kier alpha value is -0.490. The van der Waals surface area contributed by atoms with Gasteiger partial charge in [0.1, 0.15) is 6.42 Å². The average molecular weight is 101 g/mol. The Morgan fingerprint density at radius 2 is 2.50 bits per heavy atom. The summed E-state index contributed by atoms with van der Waals surface area (Å²) in [5.74, 6) is 0. The van der Waals surface area contributed by atoms with E-state index in [4.69, 9.17) is 5.26 Å². The third-order valence-corrected chi connectivity index (χ3v) is 0.388. The minimum atomic E-state index is -0.377. The van der Waals surface area contributed by atoms with Crippen molar-refractivity contribution in [2.75, 3.05) is 0 Å². The Morgan fingerprint density at radius 1 is 2.00 bits per heavy atom. The molecule has 6 heavy (non-hydrogen) atoms. The van der Waals surface area contributed by atoms with E-state index >= 15 is 0 Å². The SMILES string of the molecule is N#CCC(=O)S. The second-order valence-corrected chi connectivity index (χ2v) is 1.23. The van der Waals surface area contributed by atoms with Crippen LogP contribution in [0.1, 0.15) is 6.42 Å². The summed E-state index contributed by atoms with van der Waals surface area (Å²) in [4.78, 5) is 9.69. The van der Waals surface area contributed by atoms with Crippen LogP contribution in [0, 0.1) is 11.3 Å². The summed E-state index contributed by atoms with van der Waals surface area (Å²) in [6.07, 6.45) is -0.0941. The van der Waals surface area contributed by atoms with E-state index in [0.717, 1.165) is 0 Å². The highest BCUT2D eigenvalue weighted by Gasteiger charge is 1.84. The van der Waals surface area contributed by atoms with Crippen molar-refractivity contribution in [2.24, 2.45) is 0 Å². The highest BCUT2D eigenvalue weighted by atomic mass is 32.1. The van der Waals surface area contributed by atoms with E-state index in [9.17, 15) is 4.79 Å². The maximum Gasteiger partial charge on any atom is 0.199 e. The molecule has 0 aromatic rings. The lowest BCUT2D eigenvalue weighted by Crippen LogP contribution is -1.77. The molecule has 0 saturated carbocycles. The van der Waals surface area contributed by atoms with Crippen molar-refractivity contribution in [3.05, 3.63) is 0 Å². The Bertz CT molecular complexity index is 93.5. The van der Waals surface area contributed by atoms with Crippen LogP contribution >= 0.6 is 12.6 Å². The zero-order valence-corrected chi connectivity index (χ0v) is 3.90. The molecule has 0 unspecified atom stereocenters. The molecule has 0 bridgehead atoms. The van der Waals surface area contributed by atoms with Crippen molar-refractivity contribution in [3.8, 4) is 6.07 Å². The van der Waals surface area contributed by atoms with Crippen LogP contribution in [0.4, 0.5) is 0 Å². The van der Waals surface area contributed by atoms with E-state index in [0.29, 0.717) is 0 Å². The van der Waals surface area contributed by atoms with Gasteiger partial charge in [0.05, 0.1) is 6.07 Å². The Balaban J connectivity index is 3.13. The van der Waals surface area contributed by atoms with Crippen LogP contribution in [-0.4, -0.2) is 5.12 Å². The van der Waals surface area contributed by atoms with Crippen LogP contribution in [0.5, 0.6) is 0 Å². The van der Waals surface area contributed by atoms with Gasteiger partial charge in [0, 0.05) is 0 Å². The van der Waals surface area contributed by atoms with Gasteiger partial charge in [0.25, 0.3) is 0 Å². The quantitative estimate of drug-likeness (QED) is 0.484. The highest BCUT2D eigenvalue weighted by Crippen LogP contribution is 1.81. The van der Waals surface area contributed by atoms with Crippen molar-refractivity contribution in [1.29, 1.82) is 5.26 Å². The highest BCUT2D eigenvalue weighted by molar-refractivity contribution is 7.96. The summed E-state index contributed by atoms with van der Waals surface area (Å²) in [5, 5.41) is 7.34. The van der Waals surface area contributed by atoms with Crippen molar-refractivity contribution in [2.45, 2.75) is 6.42 Å². The average Bonchev–Trinajstić information content (AvgIpc) is 1.35. The predicted molar refractivity (Wildman–Crippen MR) is 24.2 cm³/mol. The van der Waals surface area contributed by atoms with Crippen LogP contribution in [0.25, 0.3) is 0 Å². The van der Waals surface area contributed by atoms with E-state index in [-0.39, 0.29) is 11.5 Å². The molecule has 0 fully saturated rings. The van der Waals surface area contributed by atoms with E-state index in [1.54, 1.807) is 6.07 Å². The Labute approximate surface area is 41.2 Å². The smallest absolute Gasteiger partial charge is 0.199 e. The number of nitrogens with zero attached hydrogens (tertiary/aromatic N) is 1. The number of rotatable bonds is 1. The molecular formula is C3H3NOS. The normalized spacial score (nSPS) is 6.67. The first-order valence-electron chi connectivity index (χ1n) is 1.36. The maximum atomic E-state index is 9.69. The van der Waals surface area contributed by atoms with Crippen molar-refractivity contribution in [3.63, 3.8) is 0 Å². The Kier molecular flexibility index (Phi) is 2.51. The molecule has 0 rings (SSSR count). The molecule has 0 N–H and O–H groups in total. The second-order valence-electron chi connectivity index (χ2n) is 0.729. The third kappa shape index (κ3) is 3.51. The molecule has 0 aliphatic carbocycles. The van der Waals surface area contributed by atoms with Crippen LogP contribution in [0.15, 0.2) is 0 Å². The van der Waals surface area contributed by atoms with E-state index in [1.807, 2.05) is 0 Å². The minimum absolute atomic E-state index is 0.0941. The van der Waals surface area contributed by atoms with Gasteiger partial charge in [-0.3, -0.25) is 4.79 Å². The standard InChI is InChI=1S/C3H3NOS/c4-2-1-3(5)6/h1H2,(H,5,6). The first-order valence-corrected chi connectivity index (χ1v) is 1.81. The largest absolute Gasteiger partial charge is 0.286 e. The minimum Gasteiger partial charge on any atom is -0.286 e. The molecule has 0 atom stereocenters. The molecule has 0 radical (unpaired) electrons. The number of thiol groups is 1. The maximum absolute atomic E-state index is 9.69.